The van der Waals surface area contributed by atoms with E-state index < -0.39 is 0 Å². The molecule has 2 aromatic rings. The lowest BCUT2D eigenvalue weighted by atomic mass is 9.86. The second-order valence-corrected chi connectivity index (χ2v) is 6.60. The van der Waals surface area contributed by atoms with E-state index in [1.807, 2.05) is 16.7 Å². The molecule has 2 aliphatic carbocycles. The molecular weight excluding hydrogens is 332 g/mol. The van der Waals surface area contributed by atoms with Crippen molar-refractivity contribution in [1.82, 2.24) is 24.8 Å². The summed E-state index contributed by atoms with van der Waals surface area (Å²) in [5.74, 6) is 0.302. The van der Waals surface area contributed by atoms with Crippen LogP contribution >= 0.6 is 0 Å². The molecule has 0 spiro atoms. The average Bonchev–Trinajstić information content (AvgIpc) is 3.36. The number of rotatable bonds is 5. The van der Waals surface area contributed by atoms with Crippen LogP contribution in [0.2, 0.25) is 0 Å². The van der Waals surface area contributed by atoms with Crippen LogP contribution < -0.4 is 10.6 Å². The highest BCUT2D eigenvalue weighted by molar-refractivity contribution is 5.92. The second-order valence-electron chi connectivity index (χ2n) is 6.60. The number of carbonyl (C=O) groups excluding carboxylic acids is 1. The van der Waals surface area contributed by atoms with Crippen molar-refractivity contribution in [3.63, 3.8) is 0 Å². The summed E-state index contributed by atoms with van der Waals surface area (Å²) < 4.78 is 2.00. The fourth-order valence-corrected chi connectivity index (χ4v) is 2.97. The smallest absolute Gasteiger partial charge is 0.271 e. The number of amides is 1. The third-order valence-corrected chi connectivity index (χ3v) is 4.61. The molecule has 2 N–H and O–H groups in total. The molecule has 9 heteroatoms. The molecule has 2 heterocycles. The normalized spacial score (nSPS) is 21.2. The molecule has 26 heavy (non-hydrogen) atoms. The number of imidazole rings is 1. The van der Waals surface area contributed by atoms with Crippen LogP contribution in [-0.2, 0) is 0 Å². The fraction of sp³-hybridized carbons (Fsp3) is 0.412. The van der Waals surface area contributed by atoms with Crippen LogP contribution in [0.3, 0.4) is 0 Å². The number of hydrogen-bond acceptors (Lipinski definition) is 7. The SMILES string of the molecule is N#Cc1ncc(NC2CC(NC(=O)c3cn(C4CC4)cn3)C2)nc1C#N. The number of nitriles is 2. The van der Waals surface area contributed by atoms with Gasteiger partial charge in [0.15, 0.2) is 11.4 Å². The maximum atomic E-state index is 12.2. The third kappa shape index (κ3) is 3.20. The first kappa shape index (κ1) is 16.0. The Hall–Kier alpha value is -3.46. The zero-order valence-electron chi connectivity index (χ0n) is 13.9. The lowest BCUT2D eigenvalue weighted by molar-refractivity contribution is 0.0908. The van der Waals surface area contributed by atoms with Gasteiger partial charge in [0.2, 0.25) is 0 Å². The van der Waals surface area contributed by atoms with Crippen molar-refractivity contribution < 1.29 is 4.79 Å². The number of nitrogens with zero attached hydrogens (tertiary/aromatic N) is 6. The van der Waals surface area contributed by atoms with Gasteiger partial charge in [0, 0.05) is 24.3 Å². The average molecular weight is 348 g/mol. The number of hydrogen-bond donors (Lipinski definition) is 2. The van der Waals surface area contributed by atoms with Gasteiger partial charge >= 0.3 is 0 Å². The van der Waals surface area contributed by atoms with Crippen LogP contribution in [0.4, 0.5) is 5.82 Å². The minimum atomic E-state index is -0.155. The molecular formula is C17H16N8O. The summed E-state index contributed by atoms with van der Waals surface area (Å²) in [6.45, 7) is 0. The second kappa shape index (κ2) is 6.45. The van der Waals surface area contributed by atoms with E-state index in [2.05, 4.69) is 25.6 Å². The number of carbonyl (C=O) groups is 1. The molecule has 9 nitrogen and oxygen atoms in total. The number of nitrogens with one attached hydrogen (secondary N) is 2. The van der Waals surface area contributed by atoms with Crippen LogP contribution in [0.1, 0.15) is 53.6 Å². The predicted octanol–water partition coefficient (Wildman–Crippen LogP) is 1.12. The summed E-state index contributed by atoms with van der Waals surface area (Å²) in [5.41, 5.74) is 0.472. The molecule has 4 rings (SSSR count). The van der Waals surface area contributed by atoms with Gasteiger partial charge in [-0.1, -0.05) is 0 Å². The quantitative estimate of drug-likeness (QED) is 0.827. The Morgan fingerprint density at radius 1 is 1.15 bits per heavy atom. The minimum absolute atomic E-state index is 0.00734. The zero-order valence-corrected chi connectivity index (χ0v) is 13.9. The Bertz CT molecular complexity index is 927. The molecule has 0 saturated heterocycles. The standard InChI is InChI=1S/C17H16N8O/c18-5-13-14(6-19)24-16(7-20-13)22-10-3-11(4-10)23-17(26)15-8-25(9-21-15)12-1-2-12/h7-12H,1-4H2,(H,22,24)(H,23,26). The largest absolute Gasteiger partial charge is 0.366 e. The fourth-order valence-electron chi connectivity index (χ4n) is 2.97. The zero-order chi connectivity index (χ0) is 18.1. The van der Waals surface area contributed by atoms with E-state index in [1.165, 1.54) is 6.20 Å². The Kier molecular flexibility index (Phi) is 3.98. The summed E-state index contributed by atoms with van der Waals surface area (Å²) in [7, 11) is 0. The van der Waals surface area contributed by atoms with Gasteiger partial charge in [-0.2, -0.15) is 10.5 Å². The first-order chi connectivity index (χ1) is 12.7. The topological polar surface area (TPSA) is 132 Å². The number of anilines is 1. The molecule has 2 aromatic heterocycles. The van der Waals surface area contributed by atoms with Crippen molar-refractivity contribution in [2.24, 2.45) is 0 Å². The Labute approximate surface area is 149 Å². The molecule has 2 aliphatic rings. The van der Waals surface area contributed by atoms with E-state index in [9.17, 15) is 4.79 Å². The van der Waals surface area contributed by atoms with Gasteiger partial charge in [-0.25, -0.2) is 15.0 Å². The molecule has 0 radical (unpaired) electrons. The highest BCUT2D eigenvalue weighted by atomic mass is 16.2. The van der Waals surface area contributed by atoms with Crippen molar-refractivity contribution >= 4 is 11.7 Å². The predicted molar refractivity (Wildman–Crippen MR) is 89.9 cm³/mol. The summed E-state index contributed by atoms with van der Waals surface area (Å²) in [5, 5.41) is 24.0. The summed E-state index contributed by atoms with van der Waals surface area (Å²) in [6, 6.07) is 4.42. The third-order valence-electron chi connectivity index (χ3n) is 4.61. The first-order valence-electron chi connectivity index (χ1n) is 8.44. The van der Waals surface area contributed by atoms with Gasteiger partial charge < -0.3 is 15.2 Å². The van der Waals surface area contributed by atoms with Crippen molar-refractivity contribution in [1.29, 1.82) is 10.5 Å². The van der Waals surface area contributed by atoms with E-state index in [-0.39, 0.29) is 29.4 Å². The molecule has 2 saturated carbocycles. The molecule has 0 aromatic carbocycles. The Balaban J connectivity index is 1.28. The van der Waals surface area contributed by atoms with E-state index in [0.717, 1.165) is 25.7 Å². The Morgan fingerprint density at radius 2 is 1.92 bits per heavy atom. The van der Waals surface area contributed by atoms with Crippen LogP contribution in [0, 0.1) is 22.7 Å². The summed E-state index contributed by atoms with van der Waals surface area (Å²) in [4.78, 5) is 24.4. The van der Waals surface area contributed by atoms with Gasteiger partial charge in [0.1, 0.15) is 23.7 Å². The Morgan fingerprint density at radius 3 is 2.62 bits per heavy atom. The lowest BCUT2D eigenvalue weighted by Crippen LogP contribution is -2.49. The van der Waals surface area contributed by atoms with Crippen LogP contribution in [-0.4, -0.2) is 37.5 Å². The first-order valence-corrected chi connectivity index (χ1v) is 8.44. The van der Waals surface area contributed by atoms with Crippen molar-refractivity contribution in [2.45, 2.75) is 43.8 Å². The summed E-state index contributed by atoms with van der Waals surface area (Å²) in [6.07, 6.45) is 8.76. The van der Waals surface area contributed by atoms with Crippen LogP contribution in [0.5, 0.6) is 0 Å². The van der Waals surface area contributed by atoms with Gasteiger partial charge in [-0.05, 0) is 25.7 Å². The molecule has 0 unspecified atom stereocenters. The van der Waals surface area contributed by atoms with E-state index >= 15 is 0 Å². The van der Waals surface area contributed by atoms with Crippen molar-refractivity contribution in [3.8, 4) is 12.1 Å². The maximum absolute atomic E-state index is 12.2. The van der Waals surface area contributed by atoms with Gasteiger partial charge in [-0.3, -0.25) is 4.79 Å². The van der Waals surface area contributed by atoms with Crippen LogP contribution in [0.25, 0.3) is 0 Å². The van der Waals surface area contributed by atoms with E-state index in [1.54, 1.807) is 12.5 Å². The summed E-state index contributed by atoms with van der Waals surface area (Å²) >= 11 is 0. The van der Waals surface area contributed by atoms with Crippen molar-refractivity contribution in [2.75, 3.05) is 5.32 Å². The lowest BCUT2D eigenvalue weighted by Gasteiger charge is -2.36. The van der Waals surface area contributed by atoms with Crippen LogP contribution in [0.15, 0.2) is 18.7 Å². The van der Waals surface area contributed by atoms with E-state index in [4.69, 9.17) is 10.5 Å². The number of aromatic nitrogens is 4. The van der Waals surface area contributed by atoms with Gasteiger partial charge in [0.05, 0.1) is 12.5 Å². The molecule has 0 bridgehead atoms. The molecule has 0 atom stereocenters. The molecule has 0 aliphatic heterocycles. The van der Waals surface area contributed by atoms with E-state index in [0.29, 0.717) is 17.6 Å². The van der Waals surface area contributed by atoms with Crippen molar-refractivity contribution in [3.05, 3.63) is 35.8 Å². The van der Waals surface area contributed by atoms with Gasteiger partial charge in [-0.15, -0.1) is 0 Å². The van der Waals surface area contributed by atoms with Gasteiger partial charge in [0.25, 0.3) is 5.91 Å². The molecule has 130 valence electrons. The monoisotopic (exact) mass is 348 g/mol. The minimum Gasteiger partial charge on any atom is -0.366 e. The maximum Gasteiger partial charge on any atom is 0.271 e. The highest BCUT2D eigenvalue weighted by Crippen LogP contribution is 2.34. The molecule has 2 fully saturated rings. The molecule has 1 amide bonds. The highest BCUT2D eigenvalue weighted by Gasteiger charge is 2.32.